The standard InChI is InChI=1S/C23H23N3O2/c1-4-10-27-17-6-8-21-19(12-17)23(16(14-24)15-25)20-13-18(28-11-5-2)7-9-22(20)26(21)3/h6-9,12-13H,4-5,10-11H2,1-3H3. The van der Waals surface area contributed by atoms with Gasteiger partial charge in [0.1, 0.15) is 29.2 Å². The summed E-state index contributed by atoms with van der Waals surface area (Å²) in [6, 6.07) is 15.7. The number of rotatable bonds is 6. The molecule has 0 aromatic heterocycles. The highest BCUT2D eigenvalue weighted by atomic mass is 16.5. The molecule has 0 radical (unpaired) electrons. The van der Waals surface area contributed by atoms with Crippen LogP contribution in [0.3, 0.4) is 0 Å². The van der Waals surface area contributed by atoms with Crippen LogP contribution in [0.1, 0.15) is 37.8 Å². The summed E-state index contributed by atoms with van der Waals surface area (Å²) in [6.07, 6.45) is 1.81. The van der Waals surface area contributed by atoms with Crippen LogP contribution >= 0.6 is 0 Å². The van der Waals surface area contributed by atoms with E-state index in [1.807, 2.05) is 43.4 Å². The van der Waals surface area contributed by atoms with Crippen molar-refractivity contribution in [3.05, 3.63) is 53.1 Å². The lowest BCUT2D eigenvalue weighted by Gasteiger charge is -2.32. The van der Waals surface area contributed by atoms with Crippen molar-refractivity contribution in [2.45, 2.75) is 26.7 Å². The maximum Gasteiger partial charge on any atom is 0.138 e. The Balaban J connectivity index is 2.22. The Labute approximate surface area is 166 Å². The first-order valence-electron chi connectivity index (χ1n) is 9.47. The van der Waals surface area contributed by atoms with Crippen LogP contribution in [0.2, 0.25) is 0 Å². The molecule has 0 saturated heterocycles. The summed E-state index contributed by atoms with van der Waals surface area (Å²) in [7, 11) is 1.98. The Kier molecular flexibility index (Phi) is 5.87. The third kappa shape index (κ3) is 3.52. The van der Waals surface area contributed by atoms with Gasteiger partial charge in [-0.1, -0.05) is 13.8 Å². The molecule has 2 aromatic carbocycles. The summed E-state index contributed by atoms with van der Waals surface area (Å²) >= 11 is 0. The largest absolute Gasteiger partial charge is 0.494 e. The zero-order valence-electron chi connectivity index (χ0n) is 16.5. The molecule has 0 amide bonds. The molecule has 1 aliphatic heterocycles. The van der Waals surface area contributed by atoms with Crippen molar-refractivity contribution in [1.82, 2.24) is 0 Å². The van der Waals surface area contributed by atoms with Crippen LogP contribution in [-0.4, -0.2) is 20.3 Å². The Morgan fingerprint density at radius 1 is 0.857 bits per heavy atom. The maximum atomic E-state index is 9.61. The highest BCUT2D eigenvalue weighted by Gasteiger charge is 2.28. The van der Waals surface area contributed by atoms with Gasteiger partial charge in [-0.3, -0.25) is 0 Å². The van der Waals surface area contributed by atoms with Crippen LogP contribution in [0, 0.1) is 22.7 Å². The Hall–Kier alpha value is -3.44. The SMILES string of the molecule is CCCOc1ccc2c(c1)C(=C(C#N)C#N)c1cc(OCCC)ccc1N2C. The van der Waals surface area contributed by atoms with E-state index in [9.17, 15) is 10.5 Å². The van der Waals surface area contributed by atoms with Gasteiger partial charge in [0, 0.05) is 35.1 Å². The van der Waals surface area contributed by atoms with E-state index in [1.165, 1.54) is 0 Å². The maximum absolute atomic E-state index is 9.61. The molecule has 5 heteroatoms. The summed E-state index contributed by atoms with van der Waals surface area (Å²) in [5, 5.41) is 19.2. The molecule has 3 rings (SSSR count). The van der Waals surface area contributed by atoms with Crippen LogP contribution in [0.25, 0.3) is 5.57 Å². The van der Waals surface area contributed by atoms with Gasteiger partial charge in [-0.25, -0.2) is 0 Å². The van der Waals surface area contributed by atoms with Crippen molar-refractivity contribution in [1.29, 1.82) is 10.5 Å². The average molecular weight is 373 g/mol. The number of fused-ring (bicyclic) bond motifs is 2. The van der Waals surface area contributed by atoms with Crippen molar-refractivity contribution in [3.63, 3.8) is 0 Å². The molecule has 1 aliphatic rings. The molecule has 0 N–H and O–H groups in total. The molecule has 0 saturated carbocycles. The molecule has 28 heavy (non-hydrogen) atoms. The number of hydrogen-bond acceptors (Lipinski definition) is 5. The molecule has 0 spiro atoms. The topological polar surface area (TPSA) is 69.3 Å². The van der Waals surface area contributed by atoms with Gasteiger partial charge in [-0.05, 0) is 49.2 Å². The van der Waals surface area contributed by atoms with Crippen molar-refractivity contribution in [3.8, 4) is 23.6 Å². The lowest BCUT2D eigenvalue weighted by molar-refractivity contribution is 0.317. The van der Waals surface area contributed by atoms with Crippen molar-refractivity contribution < 1.29 is 9.47 Å². The molecule has 2 aromatic rings. The number of ether oxygens (including phenoxy) is 2. The summed E-state index contributed by atoms with van der Waals surface area (Å²) in [5.74, 6) is 1.45. The zero-order valence-corrected chi connectivity index (χ0v) is 16.5. The van der Waals surface area contributed by atoms with E-state index in [0.717, 1.165) is 46.8 Å². The lowest BCUT2D eigenvalue weighted by atomic mass is 9.87. The molecule has 5 nitrogen and oxygen atoms in total. The van der Waals surface area contributed by atoms with Crippen LogP contribution in [0.4, 0.5) is 11.4 Å². The van der Waals surface area contributed by atoms with E-state index in [2.05, 4.69) is 30.9 Å². The number of hydrogen-bond donors (Lipinski definition) is 0. The normalized spacial score (nSPS) is 11.8. The first-order valence-corrected chi connectivity index (χ1v) is 9.47. The molecule has 1 heterocycles. The Morgan fingerprint density at radius 2 is 1.32 bits per heavy atom. The summed E-state index contributed by atoms with van der Waals surface area (Å²) < 4.78 is 11.6. The third-order valence-corrected chi connectivity index (χ3v) is 4.62. The number of nitriles is 2. The third-order valence-electron chi connectivity index (χ3n) is 4.62. The smallest absolute Gasteiger partial charge is 0.138 e. The van der Waals surface area contributed by atoms with Gasteiger partial charge in [0.15, 0.2) is 0 Å². The van der Waals surface area contributed by atoms with Crippen molar-refractivity contribution >= 4 is 16.9 Å². The first-order chi connectivity index (χ1) is 13.6. The summed E-state index contributed by atoms with van der Waals surface area (Å²) in [5.41, 5.74) is 4.18. The second kappa shape index (κ2) is 8.50. The van der Waals surface area contributed by atoms with Gasteiger partial charge in [-0.15, -0.1) is 0 Å². The van der Waals surface area contributed by atoms with Crippen LogP contribution in [0.5, 0.6) is 11.5 Å². The first kappa shape index (κ1) is 19.3. The molecular weight excluding hydrogens is 350 g/mol. The molecular formula is C23H23N3O2. The molecule has 0 unspecified atom stereocenters. The highest BCUT2D eigenvalue weighted by molar-refractivity contribution is 6.01. The van der Waals surface area contributed by atoms with Crippen molar-refractivity contribution in [2.75, 3.05) is 25.2 Å². The van der Waals surface area contributed by atoms with E-state index in [0.29, 0.717) is 18.8 Å². The van der Waals surface area contributed by atoms with Crippen molar-refractivity contribution in [2.24, 2.45) is 0 Å². The fourth-order valence-electron chi connectivity index (χ4n) is 3.32. The number of allylic oxidation sites excluding steroid dienone is 1. The Morgan fingerprint density at radius 3 is 1.71 bits per heavy atom. The van der Waals surface area contributed by atoms with E-state index in [1.54, 1.807) is 0 Å². The number of anilines is 2. The molecule has 142 valence electrons. The minimum absolute atomic E-state index is 0.0795. The monoisotopic (exact) mass is 373 g/mol. The fraction of sp³-hybridized carbons (Fsp3) is 0.304. The van der Waals surface area contributed by atoms with Gasteiger partial charge in [-0.2, -0.15) is 10.5 Å². The Bertz CT molecular complexity index is 918. The van der Waals surface area contributed by atoms with Gasteiger partial charge < -0.3 is 14.4 Å². The zero-order chi connectivity index (χ0) is 20.1. The number of benzene rings is 2. The minimum Gasteiger partial charge on any atom is -0.494 e. The van der Waals surface area contributed by atoms with E-state index in [-0.39, 0.29) is 5.57 Å². The number of nitrogens with zero attached hydrogens (tertiary/aromatic N) is 3. The fourth-order valence-corrected chi connectivity index (χ4v) is 3.32. The van der Waals surface area contributed by atoms with Crippen LogP contribution in [-0.2, 0) is 0 Å². The predicted molar refractivity (Wildman–Crippen MR) is 110 cm³/mol. The molecule has 0 aliphatic carbocycles. The van der Waals surface area contributed by atoms with Crippen LogP contribution < -0.4 is 14.4 Å². The quantitative estimate of drug-likeness (QED) is 0.651. The highest BCUT2D eigenvalue weighted by Crippen LogP contribution is 2.47. The van der Waals surface area contributed by atoms with Gasteiger partial charge in [0.25, 0.3) is 0 Å². The van der Waals surface area contributed by atoms with Gasteiger partial charge >= 0.3 is 0 Å². The molecule has 0 fully saturated rings. The lowest BCUT2D eigenvalue weighted by Crippen LogP contribution is -2.19. The van der Waals surface area contributed by atoms with Gasteiger partial charge in [0.05, 0.1) is 13.2 Å². The summed E-state index contributed by atoms with van der Waals surface area (Å²) in [6.45, 7) is 5.33. The second-order valence-electron chi connectivity index (χ2n) is 6.59. The van der Waals surface area contributed by atoms with Crippen LogP contribution in [0.15, 0.2) is 42.0 Å². The molecule has 0 bridgehead atoms. The average Bonchev–Trinajstić information content (AvgIpc) is 2.73. The second-order valence-corrected chi connectivity index (χ2v) is 6.59. The van der Waals surface area contributed by atoms with E-state index in [4.69, 9.17) is 9.47 Å². The van der Waals surface area contributed by atoms with Gasteiger partial charge in [0.2, 0.25) is 0 Å². The molecule has 0 atom stereocenters. The van der Waals surface area contributed by atoms with E-state index >= 15 is 0 Å². The predicted octanol–water partition coefficient (Wildman–Crippen LogP) is 5.19. The van der Waals surface area contributed by atoms with E-state index < -0.39 is 0 Å². The summed E-state index contributed by atoms with van der Waals surface area (Å²) in [4.78, 5) is 2.06. The minimum atomic E-state index is 0.0795.